The van der Waals surface area contributed by atoms with Crippen molar-refractivity contribution in [2.45, 2.75) is 13.3 Å². The van der Waals surface area contributed by atoms with Gasteiger partial charge in [-0.1, -0.05) is 36.7 Å². The Morgan fingerprint density at radius 1 is 0.967 bits per heavy atom. The van der Waals surface area contributed by atoms with Crippen LogP contribution in [0.2, 0.25) is 5.02 Å². The standard InChI is InChI=1S/C23H20ClFN2O3/c1-2-15-6-9-19(10-7-15)30-14-22(28)26-17-5-3-4-16(12-17)23(29)27-18-8-11-21(25)20(24)13-18/h3-13H,2,14H2,1H3,(H,26,28)(H,27,29). The van der Waals surface area contributed by atoms with Gasteiger partial charge in [0, 0.05) is 16.9 Å². The van der Waals surface area contributed by atoms with Crippen LogP contribution in [0, 0.1) is 5.82 Å². The first-order valence-corrected chi connectivity index (χ1v) is 9.70. The first kappa shape index (κ1) is 21.3. The molecule has 5 nitrogen and oxygen atoms in total. The summed E-state index contributed by atoms with van der Waals surface area (Å²) in [5.74, 6) is -0.727. The molecule has 3 aromatic carbocycles. The zero-order chi connectivity index (χ0) is 21.5. The number of nitrogens with one attached hydrogen (secondary N) is 2. The number of anilines is 2. The van der Waals surface area contributed by atoms with Crippen LogP contribution in [-0.4, -0.2) is 18.4 Å². The highest BCUT2D eigenvalue weighted by Gasteiger charge is 2.10. The van der Waals surface area contributed by atoms with Gasteiger partial charge in [-0.15, -0.1) is 0 Å². The molecule has 154 valence electrons. The quantitative estimate of drug-likeness (QED) is 0.538. The lowest BCUT2D eigenvalue weighted by molar-refractivity contribution is -0.118. The summed E-state index contributed by atoms with van der Waals surface area (Å²) in [6.07, 6.45) is 0.929. The summed E-state index contributed by atoms with van der Waals surface area (Å²) >= 11 is 5.73. The maximum Gasteiger partial charge on any atom is 0.262 e. The van der Waals surface area contributed by atoms with Gasteiger partial charge in [-0.25, -0.2) is 4.39 Å². The van der Waals surface area contributed by atoms with Crippen molar-refractivity contribution in [3.05, 3.63) is 88.7 Å². The number of aryl methyl sites for hydroxylation is 1. The minimum Gasteiger partial charge on any atom is -0.484 e. The third-order valence-electron chi connectivity index (χ3n) is 4.29. The van der Waals surface area contributed by atoms with E-state index in [1.807, 2.05) is 24.3 Å². The molecule has 0 radical (unpaired) electrons. The smallest absolute Gasteiger partial charge is 0.262 e. The molecule has 0 fully saturated rings. The molecule has 7 heteroatoms. The highest BCUT2D eigenvalue weighted by atomic mass is 35.5. The van der Waals surface area contributed by atoms with Gasteiger partial charge in [0.1, 0.15) is 11.6 Å². The number of hydrogen-bond acceptors (Lipinski definition) is 3. The van der Waals surface area contributed by atoms with Gasteiger partial charge in [-0.05, 0) is 60.5 Å². The number of carbonyl (C=O) groups is 2. The number of carbonyl (C=O) groups excluding carboxylic acids is 2. The second kappa shape index (κ2) is 9.89. The zero-order valence-corrected chi connectivity index (χ0v) is 17.0. The summed E-state index contributed by atoms with van der Waals surface area (Å²) in [7, 11) is 0. The molecule has 0 heterocycles. The van der Waals surface area contributed by atoms with E-state index in [0.29, 0.717) is 22.7 Å². The molecule has 0 aromatic heterocycles. The van der Waals surface area contributed by atoms with Crippen LogP contribution in [0.1, 0.15) is 22.8 Å². The van der Waals surface area contributed by atoms with E-state index in [4.69, 9.17) is 16.3 Å². The molecule has 0 saturated carbocycles. The summed E-state index contributed by atoms with van der Waals surface area (Å²) in [5, 5.41) is 5.25. The first-order valence-electron chi connectivity index (χ1n) is 9.32. The van der Waals surface area contributed by atoms with Gasteiger partial charge < -0.3 is 15.4 Å². The minimum atomic E-state index is -0.567. The molecule has 30 heavy (non-hydrogen) atoms. The molecule has 0 saturated heterocycles. The fourth-order valence-electron chi connectivity index (χ4n) is 2.68. The fraction of sp³-hybridized carbons (Fsp3) is 0.130. The number of hydrogen-bond donors (Lipinski definition) is 2. The van der Waals surface area contributed by atoms with Crippen LogP contribution < -0.4 is 15.4 Å². The highest BCUT2D eigenvalue weighted by molar-refractivity contribution is 6.31. The van der Waals surface area contributed by atoms with Crippen molar-refractivity contribution in [3.8, 4) is 5.75 Å². The Kier molecular flexibility index (Phi) is 7.03. The average molecular weight is 427 g/mol. The molecule has 0 spiro atoms. The SMILES string of the molecule is CCc1ccc(OCC(=O)Nc2cccc(C(=O)Nc3ccc(F)c(Cl)c3)c2)cc1. The van der Waals surface area contributed by atoms with E-state index in [2.05, 4.69) is 17.6 Å². The Bertz CT molecular complexity index is 1050. The monoisotopic (exact) mass is 426 g/mol. The van der Waals surface area contributed by atoms with Crippen molar-refractivity contribution >= 4 is 34.8 Å². The molecular weight excluding hydrogens is 407 g/mol. The largest absolute Gasteiger partial charge is 0.484 e. The maximum absolute atomic E-state index is 13.2. The van der Waals surface area contributed by atoms with Crippen molar-refractivity contribution in [2.24, 2.45) is 0 Å². The van der Waals surface area contributed by atoms with Gasteiger partial charge in [-0.3, -0.25) is 9.59 Å². The molecule has 3 aromatic rings. The lowest BCUT2D eigenvalue weighted by Crippen LogP contribution is -2.20. The Hall–Kier alpha value is -3.38. The molecule has 0 unspecified atom stereocenters. The molecule has 0 atom stereocenters. The summed E-state index contributed by atoms with van der Waals surface area (Å²) in [6.45, 7) is 1.91. The average Bonchev–Trinajstić information content (AvgIpc) is 2.75. The van der Waals surface area contributed by atoms with Crippen molar-refractivity contribution in [1.82, 2.24) is 0 Å². The van der Waals surface area contributed by atoms with Crippen molar-refractivity contribution < 1.29 is 18.7 Å². The van der Waals surface area contributed by atoms with Crippen LogP contribution in [0.15, 0.2) is 66.7 Å². The van der Waals surface area contributed by atoms with E-state index in [1.54, 1.807) is 18.2 Å². The Balaban J connectivity index is 1.57. The van der Waals surface area contributed by atoms with Crippen molar-refractivity contribution in [1.29, 1.82) is 0 Å². The van der Waals surface area contributed by atoms with Crippen LogP contribution in [0.25, 0.3) is 0 Å². The second-order valence-corrected chi connectivity index (χ2v) is 6.91. The normalized spacial score (nSPS) is 10.4. The summed E-state index contributed by atoms with van der Waals surface area (Å²) in [5.41, 5.74) is 2.33. The molecule has 0 aliphatic carbocycles. The molecular formula is C23H20ClFN2O3. The molecule has 2 N–H and O–H groups in total. The zero-order valence-electron chi connectivity index (χ0n) is 16.2. The van der Waals surface area contributed by atoms with Gasteiger partial charge in [0.05, 0.1) is 5.02 Å². The number of rotatable bonds is 7. The predicted molar refractivity (Wildman–Crippen MR) is 116 cm³/mol. The van der Waals surface area contributed by atoms with E-state index < -0.39 is 11.7 Å². The van der Waals surface area contributed by atoms with Crippen LogP contribution in [0.3, 0.4) is 0 Å². The summed E-state index contributed by atoms with van der Waals surface area (Å²) in [6, 6.07) is 17.9. The highest BCUT2D eigenvalue weighted by Crippen LogP contribution is 2.20. The third kappa shape index (κ3) is 5.81. The molecule has 0 aliphatic heterocycles. The van der Waals surface area contributed by atoms with E-state index in [9.17, 15) is 14.0 Å². The number of ether oxygens (including phenoxy) is 1. The number of amides is 2. The number of halogens is 2. The summed E-state index contributed by atoms with van der Waals surface area (Å²) < 4.78 is 18.7. The van der Waals surface area contributed by atoms with Gasteiger partial charge >= 0.3 is 0 Å². The van der Waals surface area contributed by atoms with E-state index >= 15 is 0 Å². The van der Waals surface area contributed by atoms with Crippen LogP contribution in [0.4, 0.5) is 15.8 Å². The Morgan fingerprint density at radius 2 is 1.70 bits per heavy atom. The fourth-order valence-corrected chi connectivity index (χ4v) is 2.86. The number of benzene rings is 3. The van der Waals surface area contributed by atoms with Gasteiger partial charge in [0.2, 0.25) is 0 Å². The summed E-state index contributed by atoms with van der Waals surface area (Å²) in [4.78, 5) is 24.6. The topological polar surface area (TPSA) is 67.4 Å². The Labute approximate surface area is 178 Å². The van der Waals surface area contributed by atoms with Crippen LogP contribution in [-0.2, 0) is 11.2 Å². The van der Waals surface area contributed by atoms with Gasteiger partial charge in [-0.2, -0.15) is 0 Å². The van der Waals surface area contributed by atoms with Crippen LogP contribution >= 0.6 is 11.6 Å². The molecule has 0 bridgehead atoms. The molecule has 0 aliphatic rings. The van der Waals surface area contributed by atoms with Crippen molar-refractivity contribution in [3.63, 3.8) is 0 Å². The first-order chi connectivity index (χ1) is 14.4. The molecule has 2 amide bonds. The maximum atomic E-state index is 13.2. The lowest BCUT2D eigenvalue weighted by Gasteiger charge is -2.10. The van der Waals surface area contributed by atoms with Gasteiger partial charge in [0.25, 0.3) is 11.8 Å². The van der Waals surface area contributed by atoms with Gasteiger partial charge in [0.15, 0.2) is 6.61 Å². The third-order valence-corrected chi connectivity index (χ3v) is 4.58. The predicted octanol–water partition coefficient (Wildman–Crippen LogP) is 5.31. The van der Waals surface area contributed by atoms with E-state index in [0.717, 1.165) is 6.42 Å². The van der Waals surface area contributed by atoms with E-state index in [1.165, 1.54) is 29.8 Å². The van der Waals surface area contributed by atoms with Crippen molar-refractivity contribution in [2.75, 3.05) is 17.2 Å². The molecule has 3 rings (SSSR count). The second-order valence-electron chi connectivity index (χ2n) is 6.50. The lowest BCUT2D eigenvalue weighted by atomic mass is 10.1. The Morgan fingerprint density at radius 3 is 2.40 bits per heavy atom. The van der Waals surface area contributed by atoms with E-state index in [-0.39, 0.29) is 17.5 Å². The van der Waals surface area contributed by atoms with Crippen LogP contribution in [0.5, 0.6) is 5.75 Å². The minimum absolute atomic E-state index is 0.0850.